The third-order valence-corrected chi connectivity index (χ3v) is 5.08. The van der Waals surface area contributed by atoms with Crippen molar-refractivity contribution in [2.75, 3.05) is 0 Å². The molecule has 2 aromatic carbocycles. The van der Waals surface area contributed by atoms with Gasteiger partial charge in [-0.15, -0.1) is 0 Å². The van der Waals surface area contributed by atoms with Gasteiger partial charge in [-0.1, -0.05) is 63.1 Å². The number of halogens is 1. The Labute approximate surface area is 145 Å². The first kappa shape index (κ1) is 17.0. The van der Waals surface area contributed by atoms with Gasteiger partial charge in [0.05, 0.1) is 0 Å². The molecule has 0 spiro atoms. The highest BCUT2D eigenvalue weighted by Gasteiger charge is 2.14. The number of benzene rings is 2. The molecule has 0 nitrogen and oxygen atoms in total. The van der Waals surface area contributed by atoms with Gasteiger partial charge in [0.25, 0.3) is 0 Å². The van der Waals surface area contributed by atoms with Crippen LogP contribution in [0.15, 0.2) is 36.4 Å². The minimum absolute atomic E-state index is 0.0694. The third-order valence-electron chi connectivity index (χ3n) is 5.08. The monoisotopic (exact) mass is 322 g/mol. The normalized spacial score (nSPS) is 13.5. The summed E-state index contributed by atoms with van der Waals surface area (Å²) >= 11 is 0. The van der Waals surface area contributed by atoms with E-state index in [4.69, 9.17) is 0 Å². The molecule has 1 aliphatic carbocycles. The SMILES string of the molecule is CCCCCc1ccc(C2=Cc3cc(F)c(CC)cc3CC2)cc1. The molecule has 0 unspecified atom stereocenters. The molecule has 3 rings (SSSR count). The molecule has 2 aromatic rings. The fourth-order valence-corrected chi connectivity index (χ4v) is 3.53. The number of aryl methyl sites for hydroxylation is 3. The van der Waals surface area contributed by atoms with Gasteiger partial charge in [0.15, 0.2) is 0 Å². The molecule has 24 heavy (non-hydrogen) atoms. The summed E-state index contributed by atoms with van der Waals surface area (Å²) in [4.78, 5) is 0. The van der Waals surface area contributed by atoms with Gasteiger partial charge in [-0.25, -0.2) is 4.39 Å². The number of unbranched alkanes of at least 4 members (excludes halogenated alkanes) is 2. The first-order chi connectivity index (χ1) is 11.7. The molecule has 0 heterocycles. The van der Waals surface area contributed by atoms with Gasteiger partial charge >= 0.3 is 0 Å². The smallest absolute Gasteiger partial charge is 0.127 e. The Morgan fingerprint density at radius 3 is 2.46 bits per heavy atom. The van der Waals surface area contributed by atoms with Crippen LogP contribution in [0.1, 0.15) is 67.3 Å². The molecule has 0 aliphatic heterocycles. The summed E-state index contributed by atoms with van der Waals surface area (Å²) in [6.45, 7) is 4.25. The van der Waals surface area contributed by atoms with Crippen LogP contribution in [0.5, 0.6) is 0 Å². The quantitative estimate of drug-likeness (QED) is 0.525. The fraction of sp³-hybridized carbons (Fsp3) is 0.391. The topological polar surface area (TPSA) is 0 Å². The van der Waals surface area contributed by atoms with Crippen LogP contribution in [-0.2, 0) is 19.3 Å². The molecule has 0 saturated heterocycles. The Hall–Kier alpha value is -1.89. The maximum atomic E-state index is 14.1. The lowest BCUT2D eigenvalue weighted by Crippen LogP contribution is -2.02. The predicted molar refractivity (Wildman–Crippen MR) is 102 cm³/mol. The second-order valence-corrected chi connectivity index (χ2v) is 6.82. The summed E-state index contributed by atoms with van der Waals surface area (Å²) in [5.41, 5.74) is 7.20. The zero-order valence-electron chi connectivity index (χ0n) is 14.9. The maximum Gasteiger partial charge on any atom is 0.127 e. The number of hydrogen-bond acceptors (Lipinski definition) is 0. The Morgan fingerprint density at radius 2 is 1.75 bits per heavy atom. The molecule has 0 fully saturated rings. The van der Waals surface area contributed by atoms with Crippen molar-refractivity contribution in [3.05, 3.63) is 70.0 Å². The highest BCUT2D eigenvalue weighted by molar-refractivity contribution is 5.84. The van der Waals surface area contributed by atoms with Crippen LogP contribution in [0.4, 0.5) is 4.39 Å². The molecule has 0 aromatic heterocycles. The first-order valence-electron chi connectivity index (χ1n) is 9.32. The number of hydrogen-bond donors (Lipinski definition) is 0. The molecule has 0 N–H and O–H groups in total. The number of fused-ring (bicyclic) bond motifs is 1. The molecular weight excluding hydrogens is 295 g/mol. The summed E-state index contributed by atoms with van der Waals surface area (Å²) in [6, 6.07) is 12.7. The van der Waals surface area contributed by atoms with Crippen molar-refractivity contribution in [1.29, 1.82) is 0 Å². The summed E-state index contributed by atoms with van der Waals surface area (Å²) in [5, 5.41) is 0. The number of rotatable bonds is 6. The number of allylic oxidation sites excluding steroid dienone is 1. The van der Waals surface area contributed by atoms with Gasteiger partial charge in [0.1, 0.15) is 5.82 Å². The summed E-state index contributed by atoms with van der Waals surface area (Å²) < 4.78 is 14.1. The molecule has 126 valence electrons. The Balaban J connectivity index is 1.79. The van der Waals surface area contributed by atoms with Gasteiger partial charge in [0, 0.05) is 0 Å². The van der Waals surface area contributed by atoms with E-state index in [2.05, 4.69) is 43.3 Å². The second kappa shape index (κ2) is 7.79. The van der Waals surface area contributed by atoms with E-state index in [-0.39, 0.29) is 5.82 Å². The molecule has 1 heteroatoms. The van der Waals surface area contributed by atoms with Crippen molar-refractivity contribution in [3.63, 3.8) is 0 Å². The van der Waals surface area contributed by atoms with Gasteiger partial charge in [0.2, 0.25) is 0 Å². The van der Waals surface area contributed by atoms with Crippen LogP contribution < -0.4 is 0 Å². The average molecular weight is 322 g/mol. The Morgan fingerprint density at radius 1 is 0.958 bits per heavy atom. The predicted octanol–water partition coefficient (Wildman–Crippen LogP) is 6.61. The van der Waals surface area contributed by atoms with Crippen LogP contribution in [0, 0.1) is 5.82 Å². The van der Waals surface area contributed by atoms with E-state index in [1.54, 1.807) is 6.07 Å². The molecule has 0 amide bonds. The second-order valence-electron chi connectivity index (χ2n) is 6.82. The van der Waals surface area contributed by atoms with Crippen molar-refractivity contribution in [2.45, 2.75) is 58.8 Å². The zero-order chi connectivity index (χ0) is 16.9. The Kier molecular flexibility index (Phi) is 5.50. The molecule has 1 aliphatic rings. The van der Waals surface area contributed by atoms with E-state index in [0.29, 0.717) is 0 Å². The minimum atomic E-state index is -0.0694. The summed E-state index contributed by atoms with van der Waals surface area (Å²) in [7, 11) is 0. The van der Waals surface area contributed by atoms with Crippen LogP contribution in [0.25, 0.3) is 11.6 Å². The highest BCUT2D eigenvalue weighted by Crippen LogP contribution is 2.32. The van der Waals surface area contributed by atoms with Crippen molar-refractivity contribution in [2.24, 2.45) is 0 Å². The van der Waals surface area contributed by atoms with Gasteiger partial charge in [-0.3, -0.25) is 0 Å². The van der Waals surface area contributed by atoms with Crippen LogP contribution in [0.2, 0.25) is 0 Å². The molecule has 0 atom stereocenters. The molecule has 0 saturated carbocycles. The standard InChI is InChI=1S/C23H27F/c1-3-5-6-7-17-8-10-19(11-9-17)20-12-13-21-14-18(4-2)23(24)16-22(21)15-20/h8-11,14-16H,3-7,12-13H2,1-2H3. The van der Waals surface area contributed by atoms with Gasteiger partial charge in [-0.05, 0) is 71.6 Å². The van der Waals surface area contributed by atoms with Gasteiger partial charge in [-0.2, -0.15) is 0 Å². The van der Waals surface area contributed by atoms with E-state index in [0.717, 1.165) is 30.4 Å². The largest absolute Gasteiger partial charge is 0.207 e. The van der Waals surface area contributed by atoms with Crippen molar-refractivity contribution in [3.8, 4) is 0 Å². The molecular formula is C23H27F. The van der Waals surface area contributed by atoms with E-state index >= 15 is 0 Å². The highest BCUT2D eigenvalue weighted by atomic mass is 19.1. The maximum absolute atomic E-state index is 14.1. The Bertz CT molecular complexity index is 722. The van der Waals surface area contributed by atoms with Crippen LogP contribution >= 0.6 is 0 Å². The zero-order valence-corrected chi connectivity index (χ0v) is 14.9. The van der Waals surface area contributed by atoms with Crippen molar-refractivity contribution in [1.82, 2.24) is 0 Å². The summed E-state index contributed by atoms with van der Waals surface area (Å²) in [5.74, 6) is -0.0694. The fourth-order valence-electron chi connectivity index (χ4n) is 3.53. The molecule has 0 bridgehead atoms. The van der Waals surface area contributed by atoms with Gasteiger partial charge < -0.3 is 0 Å². The lowest BCUT2D eigenvalue weighted by atomic mass is 9.87. The van der Waals surface area contributed by atoms with Crippen LogP contribution in [-0.4, -0.2) is 0 Å². The van der Waals surface area contributed by atoms with E-state index < -0.39 is 0 Å². The third kappa shape index (κ3) is 3.77. The van der Waals surface area contributed by atoms with E-state index in [1.807, 2.05) is 6.92 Å². The lowest BCUT2D eigenvalue weighted by Gasteiger charge is -2.18. The summed E-state index contributed by atoms with van der Waals surface area (Å²) in [6.07, 6.45) is 9.98. The lowest BCUT2D eigenvalue weighted by molar-refractivity contribution is 0.610. The minimum Gasteiger partial charge on any atom is -0.207 e. The van der Waals surface area contributed by atoms with E-state index in [1.165, 1.54) is 47.9 Å². The molecule has 0 radical (unpaired) electrons. The average Bonchev–Trinajstić information content (AvgIpc) is 2.61. The van der Waals surface area contributed by atoms with Crippen molar-refractivity contribution < 1.29 is 4.39 Å². The van der Waals surface area contributed by atoms with E-state index in [9.17, 15) is 4.39 Å². The first-order valence-corrected chi connectivity index (χ1v) is 9.32. The van der Waals surface area contributed by atoms with Crippen LogP contribution in [0.3, 0.4) is 0 Å². The van der Waals surface area contributed by atoms with Crippen molar-refractivity contribution >= 4 is 11.6 Å².